The largest absolute Gasteiger partial charge is 0.270 e. The van der Waals surface area contributed by atoms with Crippen LogP contribution in [0.15, 0.2) is 18.2 Å². The van der Waals surface area contributed by atoms with Crippen LogP contribution < -0.4 is 0 Å². The molecule has 1 aromatic rings. The van der Waals surface area contributed by atoms with Gasteiger partial charge in [0.15, 0.2) is 0 Å². The van der Waals surface area contributed by atoms with Gasteiger partial charge in [0.05, 0.1) is 11.6 Å². The average Bonchev–Trinajstić information content (AvgIpc) is 2.27. The van der Waals surface area contributed by atoms with Gasteiger partial charge in [0.2, 0.25) is 0 Å². The highest BCUT2D eigenvalue weighted by atomic mass is 19.1. The van der Waals surface area contributed by atoms with E-state index in [0.717, 1.165) is 0 Å². The third kappa shape index (κ3) is 2.53. The molecule has 0 heterocycles. The lowest BCUT2D eigenvalue weighted by atomic mass is 9.99. The van der Waals surface area contributed by atoms with E-state index >= 15 is 0 Å². The van der Waals surface area contributed by atoms with Crippen molar-refractivity contribution < 1.29 is 9.31 Å². The molecule has 0 aliphatic heterocycles. The molecule has 0 saturated carbocycles. The Morgan fingerprint density at radius 3 is 2.73 bits per heavy atom. The van der Waals surface area contributed by atoms with Crippen molar-refractivity contribution in [3.63, 3.8) is 0 Å². The second-order valence-electron chi connectivity index (χ2n) is 3.08. The summed E-state index contributed by atoms with van der Waals surface area (Å²) in [4.78, 5) is 10.0. The van der Waals surface area contributed by atoms with Crippen LogP contribution in [0.2, 0.25) is 0 Å². The maximum Gasteiger partial charge on any atom is 0.270 e. The van der Waals surface area contributed by atoms with E-state index in [9.17, 15) is 14.5 Å². The molecule has 1 rings (SSSR count). The van der Waals surface area contributed by atoms with Gasteiger partial charge < -0.3 is 0 Å². The standard InChI is InChI=1S/C11H9FNO2/c1-3-9-4-10(8(2)7-12)6-11(5-9)13(14)15/h1,4-6H,7H2,2H3. The molecular weight excluding hydrogens is 197 g/mol. The van der Waals surface area contributed by atoms with Crippen molar-refractivity contribution in [2.24, 2.45) is 0 Å². The van der Waals surface area contributed by atoms with Crippen LogP contribution >= 0.6 is 0 Å². The molecule has 0 spiro atoms. The first-order chi connectivity index (χ1) is 7.08. The highest BCUT2D eigenvalue weighted by molar-refractivity contribution is 5.49. The Labute approximate surface area is 87.1 Å². The van der Waals surface area contributed by atoms with Gasteiger partial charge in [-0.25, -0.2) is 0 Å². The molecule has 3 nitrogen and oxygen atoms in total. The molecule has 0 aromatic heterocycles. The molecule has 0 unspecified atom stereocenters. The van der Waals surface area contributed by atoms with Crippen molar-refractivity contribution >= 4 is 5.69 Å². The zero-order chi connectivity index (χ0) is 11.4. The summed E-state index contributed by atoms with van der Waals surface area (Å²) in [6, 6.07) is 4.16. The minimum Gasteiger partial charge on any atom is -0.258 e. The molecule has 1 aromatic carbocycles. The first-order valence-electron chi connectivity index (χ1n) is 4.23. The molecule has 0 aliphatic rings. The number of benzene rings is 1. The van der Waals surface area contributed by atoms with Gasteiger partial charge in [-0.2, -0.15) is 0 Å². The Hall–Kier alpha value is -1.89. The van der Waals surface area contributed by atoms with Crippen molar-refractivity contribution in [3.8, 4) is 12.3 Å². The zero-order valence-electron chi connectivity index (χ0n) is 8.16. The number of terminal acetylenes is 1. The monoisotopic (exact) mass is 206 g/mol. The Balaban J connectivity index is 3.24. The van der Waals surface area contributed by atoms with Crippen LogP contribution in [0.4, 0.5) is 10.1 Å². The lowest BCUT2D eigenvalue weighted by Crippen LogP contribution is -1.99. The second kappa shape index (κ2) is 4.56. The highest BCUT2D eigenvalue weighted by Crippen LogP contribution is 2.22. The molecule has 4 heteroatoms. The Kier molecular flexibility index (Phi) is 3.40. The van der Waals surface area contributed by atoms with Gasteiger partial charge in [-0.05, 0) is 11.6 Å². The van der Waals surface area contributed by atoms with Crippen LogP contribution in [0.1, 0.15) is 18.1 Å². The van der Waals surface area contributed by atoms with Crippen LogP contribution in [-0.2, 0) is 0 Å². The lowest BCUT2D eigenvalue weighted by molar-refractivity contribution is -0.384. The third-order valence-corrected chi connectivity index (χ3v) is 1.99. The first-order valence-corrected chi connectivity index (χ1v) is 4.23. The highest BCUT2D eigenvalue weighted by Gasteiger charge is 2.13. The maximum absolute atomic E-state index is 12.4. The lowest BCUT2D eigenvalue weighted by Gasteiger charge is -2.06. The molecule has 0 saturated heterocycles. The quantitative estimate of drug-likeness (QED) is 0.433. The van der Waals surface area contributed by atoms with Crippen molar-refractivity contribution in [3.05, 3.63) is 45.4 Å². The van der Waals surface area contributed by atoms with Crippen LogP contribution in [0.5, 0.6) is 0 Å². The summed E-state index contributed by atoms with van der Waals surface area (Å²) in [5, 5.41) is 10.6. The minimum absolute atomic E-state index is 0.117. The van der Waals surface area contributed by atoms with Gasteiger partial charge in [0.1, 0.15) is 0 Å². The van der Waals surface area contributed by atoms with Crippen LogP contribution in [0.3, 0.4) is 0 Å². The predicted octanol–water partition coefficient (Wildman–Crippen LogP) is 2.49. The molecule has 0 N–H and O–H groups in total. The SMILES string of the molecule is C#Cc1cc([C](C)CF)cc([N+](=O)[O-])c1. The summed E-state index contributed by atoms with van der Waals surface area (Å²) in [6.45, 7) is 0.921. The minimum atomic E-state index is -0.648. The molecule has 0 amide bonds. The zero-order valence-corrected chi connectivity index (χ0v) is 8.16. The van der Waals surface area contributed by atoms with Crippen molar-refractivity contribution in [1.29, 1.82) is 0 Å². The molecule has 1 radical (unpaired) electrons. The van der Waals surface area contributed by atoms with Gasteiger partial charge in [-0.15, -0.1) is 6.42 Å². The summed E-state index contributed by atoms with van der Waals surface area (Å²) in [6.07, 6.45) is 5.15. The third-order valence-electron chi connectivity index (χ3n) is 1.99. The summed E-state index contributed by atoms with van der Waals surface area (Å²) in [5.74, 6) is 2.73. The number of nitrogens with zero attached hydrogens (tertiary/aromatic N) is 1. The van der Waals surface area contributed by atoms with Crippen molar-refractivity contribution in [1.82, 2.24) is 0 Å². The number of hydrogen-bond acceptors (Lipinski definition) is 2. The Bertz CT molecular complexity index is 423. The van der Waals surface area contributed by atoms with Crippen molar-refractivity contribution in [2.75, 3.05) is 6.67 Å². The molecule has 15 heavy (non-hydrogen) atoms. The molecule has 0 aliphatic carbocycles. The Morgan fingerprint density at radius 2 is 2.27 bits per heavy atom. The number of nitro groups is 1. The van der Waals surface area contributed by atoms with E-state index in [0.29, 0.717) is 17.0 Å². The van der Waals surface area contributed by atoms with Gasteiger partial charge in [0.25, 0.3) is 5.69 Å². The van der Waals surface area contributed by atoms with E-state index < -0.39 is 11.6 Å². The summed E-state index contributed by atoms with van der Waals surface area (Å²) < 4.78 is 12.4. The number of hydrogen-bond donors (Lipinski definition) is 0. The van der Waals surface area contributed by atoms with Crippen molar-refractivity contribution in [2.45, 2.75) is 6.92 Å². The van der Waals surface area contributed by atoms with Gasteiger partial charge in [-0.1, -0.05) is 12.8 Å². The molecular formula is C11H9FNO2. The number of rotatable bonds is 3. The molecule has 0 bridgehead atoms. The van der Waals surface area contributed by atoms with Crippen LogP contribution in [0, 0.1) is 28.4 Å². The molecule has 77 valence electrons. The van der Waals surface area contributed by atoms with E-state index in [4.69, 9.17) is 6.42 Å². The second-order valence-corrected chi connectivity index (χ2v) is 3.08. The topological polar surface area (TPSA) is 43.1 Å². The number of non-ortho nitro benzene ring substituents is 1. The van der Waals surface area contributed by atoms with E-state index in [1.807, 2.05) is 0 Å². The fraction of sp³-hybridized carbons (Fsp3) is 0.182. The average molecular weight is 206 g/mol. The maximum atomic E-state index is 12.4. The number of nitro benzene ring substituents is 1. The van der Waals surface area contributed by atoms with Gasteiger partial charge in [0, 0.05) is 23.6 Å². The van der Waals surface area contributed by atoms with E-state index in [1.165, 1.54) is 12.1 Å². The van der Waals surface area contributed by atoms with Gasteiger partial charge in [-0.3, -0.25) is 14.5 Å². The van der Waals surface area contributed by atoms with E-state index in [1.54, 1.807) is 13.0 Å². The summed E-state index contributed by atoms with van der Waals surface area (Å²) in [5.41, 5.74) is 0.736. The molecule has 0 fully saturated rings. The van der Waals surface area contributed by atoms with E-state index in [-0.39, 0.29) is 5.69 Å². The Morgan fingerprint density at radius 1 is 1.60 bits per heavy atom. The fourth-order valence-electron chi connectivity index (χ4n) is 1.12. The summed E-state index contributed by atoms with van der Waals surface area (Å²) in [7, 11) is 0. The first kappa shape index (κ1) is 11.2. The van der Waals surface area contributed by atoms with Crippen LogP contribution in [-0.4, -0.2) is 11.6 Å². The number of alkyl halides is 1. The summed E-state index contributed by atoms with van der Waals surface area (Å²) >= 11 is 0. The smallest absolute Gasteiger partial charge is 0.258 e. The van der Waals surface area contributed by atoms with Crippen LogP contribution in [0.25, 0.3) is 0 Å². The van der Waals surface area contributed by atoms with Gasteiger partial charge >= 0.3 is 0 Å². The molecule has 0 atom stereocenters. The number of halogens is 1. The normalized spacial score (nSPS) is 10.0. The predicted molar refractivity (Wildman–Crippen MR) is 55.0 cm³/mol. The van der Waals surface area contributed by atoms with E-state index in [2.05, 4.69) is 5.92 Å². The fourth-order valence-corrected chi connectivity index (χ4v) is 1.12.